The lowest BCUT2D eigenvalue weighted by atomic mass is 10.1. The predicted octanol–water partition coefficient (Wildman–Crippen LogP) is 3.82. The van der Waals surface area contributed by atoms with Crippen molar-refractivity contribution in [3.05, 3.63) is 59.8 Å². The first-order valence-electron chi connectivity index (χ1n) is 7.89. The number of fused-ring (bicyclic) bond motifs is 1. The normalized spacial score (nSPS) is 10.8. The molecule has 0 aliphatic carbocycles. The number of nitrogens with one attached hydrogen (secondary N) is 1. The molecule has 0 fully saturated rings. The van der Waals surface area contributed by atoms with Crippen molar-refractivity contribution in [2.45, 2.75) is 6.61 Å². The van der Waals surface area contributed by atoms with E-state index in [1.165, 1.54) is 25.3 Å². The Bertz CT molecular complexity index is 983. The molecule has 0 unspecified atom stereocenters. The fourth-order valence-corrected chi connectivity index (χ4v) is 2.58. The summed E-state index contributed by atoms with van der Waals surface area (Å²) in [5.74, 6) is -1.41. The maximum Gasteiger partial charge on any atom is 0.387 e. The number of rotatable bonds is 7. The molecule has 6 nitrogen and oxygen atoms in total. The summed E-state index contributed by atoms with van der Waals surface area (Å²) in [5, 5.41) is 0.730. The second-order valence-electron chi connectivity index (χ2n) is 5.49. The first kappa shape index (κ1) is 18.4. The number of aromatic amines is 1. The first-order valence-corrected chi connectivity index (χ1v) is 7.89. The van der Waals surface area contributed by atoms with Crippen LogP contribution in [0.15, 0.2) is 48.7 Å². The Hall–Kier alpha value is -3.42. The molecule has 0 aliphatic rings. The number of hydrogen-bond donors (Lipinski definition) is 1. The van der Waals surface area contributed by atoms with Crippen LogP contribution in [-0.2, 0) is 4.74 Å². The monoisotopic (exact) mass is 375 g/mol. The second-order valence-corrected chi connectivity index (χ2v) is 5.49. The third-order valence-electron chi connectivity index (χ3n) is 3.84. The van der Waals surface area contributed by atoms with Crippen LogP contribution >= 0.6 is 0 Å². The van der Waals surface area contributed by atoms with Gasteiger partial charge in [0.15, 0.2) is 18.1 Å². The summed E-state index contributed by atoms with van der Waals surface area (Å²) in [4.78, 5) is 27.5. The molecule has 3 rings (SSSR count). The molecular weight excluding hydrogens is 360 g/mol. The number of halogens is 2. The second kappa shape index (κ2) is 7.86. The third-order valence-corrected chi connectivity index (χ3v) is 3.84. The topological polar surface area (TPSA) is 77.6 Å². The fourth-order valence-electron chi connectivity index (χ4n) is 2.58. The van der Waals surface area contributed by atoms with Crippen LogP contribution in [0.3, 0.4) is 0 Å². The summed E-state index contributed by atoms with van der Waals surface area (Å²) >= 11 is 0. The maximum absolute atomic E-state index is 12.3. The van der Waals surface area contributed by atoms with Gasteiger partial charge in [-0.3, -0.25) is 4.79 Å². The first-order chi connectivity index (χ1) is 13.0. The SMILES string of the molecule is COc1cc(C(=O)OCC(=O)c2c[nH]c3ccccc23)ccc1OC(F)F. The van der Waals surface area contributed by atoms with Gasteiger partial charge >= 0.3 is 12.6 Å². The molecule has 0 aliphatic heterocycles. The van der Waals surface area contributed by atoms with Crippen LogP contribution in [0.1, 0.15) is 20.7 Å². The summed E-state index contributed by atoms with van der Waals surface area (Å²) < 4.78 is 38.9. The van der Waals surface area contributed by atoms with E-state index in [-0.39, 0.29) is 22.8 Å². The summed E-state index contributed by atoms with van der Waals surface area (Å²) in [5.41, 5.74) is 1.25. The van der Waals surface area contributed by atoms with E-state index in [0.717, 1.165) is 10.9 Å². The van der Waals surface area contributed by atoms with E-state index in [9.17, 15) is 18.4 Å². The number of ether oxygens (including phenoxy) is 3. The number of H-pyrrole nitrogens is 1. The molecule has 1 heterocycles. The smallest absolute Gasteiger partial charge is 0.387 e. The van der Waals surface area contributed by atoms with Gasteiger partial charge in [0, 0.05) is 22.7 Å². The zero-order chi connectivity index (χ0) is 19.4. The van der Waals surface area contributed by atoms with Crippen molar-refractivity contribution >= 4 is 22.7 Å². The van der Waals surface area contributed by atoms with Crippen LogP contribution in [-0.4, -0.2) is 37.1 Å². The quantitative estimate of drug-likeness (QED) is 0.502. The predicted molar refractivity (Wildman–Crippen MR) is 92.5 cm³/mol. The molecular formula is C19H15F2NO5. The van der Waals surface area contributed by atoms with Gasteiger partial charge in [-0.1, -0.05) is 18.2 Å². The number of aromatic nitrogens is 1. The lowest BCUT2D eigenvalue weighted by Crippen LogP contribution is -2.14. The van der Waals surface area contributed by atoms with Crippen LogP contribution in [0.5, 0.6) is 11.5 Å². The number of carbonyl (C=O) groups excluding carboxylic acids is 2. The van der Waals surface area contributed by atoms with Crippen LogP contribution in [0, 0.1) is 0 Å². The van der Waals surface area contributed by atoms with Crippen LogP contribution in [0.25, 0.3) is 10.9 Å². The summed E-state index contributed by atoms with van der Waals surface area (Å²) in [6.45, 7) is -3.48. The van der Waals surface area contributed by atoms with Gasteiger partial charge in [-0.05, 0) is 24.3 Å². The summed E-state index contributed by atoms with van der Waals surface area (Å²) in [6.07, 6.45) is 1.56. The van der Waals surface area contributed by atoms with E-state index in [1.807, 2.05) is 12.1 Å². The van der Waals surface area contributed by atoms with Crippen LogP contribution in [0.4, 0.5) is 8.78 Å². The molecule has 0 saturated heterocycles. The molecule has 1 aromatic heterocycles. The van der Waals surface area contributed by atoms with E-state index >= 15 is 0 Å². The number of carbonyl (C=O) groups is 2. The number of methoxy groups -OCH3 is 1. The fraction of sp³-hybridized carbons (Fsp3) is 0.158. The number of ketones is 1. The minimum Gasteiger partial charge on any atom is -0.493 e. The number of para-hydroxylation sites is 1. The Morgan fingerprint density at radius 1 is 1.11 bits per heavy atom. The van der Waals surface area contributed by atoms with Gasteiger partial charge in [-0.15, -0.1) is 0 Å². The number of alkyl halides is 2. The van der Waals surface area contributed by atoms with Crippen LogP contribution in [0.2, 0.25) is 0 Å². The van der Waals surface area contributed by atoms with E-state index in [4.69, 9.17) is 9.47 Å². The van der Waals surface area contributed by atoms with E-state index in [2.05, 4.69) is 9.72 Å². The number of benzene rings is 2. The molecule has 0 spiro atoms. The highest BCUT2D eigenvalue weighted by atomic mass is 19.3. The van der Waals surface area contributed by atoms with Crippen molar-refractivity contribution in [2.24, 2.45) is 0 Å². The molecule has 3 aromatic rings. The van der Waals surface area contributed by atoms with Gasteiger partial charge in [-0.2, -0.15) is 8.78 Å². The summed E-state index contributed by atoms with van der Waals surface area (Å²) in [7, 11) is 1.25. The Morgan fingerprint density at radius 2 is 1.89 bits per heavy atom. The molecule has 0 saturated carbocycles. The standard InChI is InChI=1S/C19H15F2NO5/c1-25-17-8-11(6-7-16(17)27-19(20)21)18(24)26-10-15(23)13-9-22-14-5-3-2-4-12(13)14/h2-9,19,22H,10H2,1H3. The third kappa shape index (κ3) is 4.05. The molecule has 27 heavy (non-hydrogen) atoms. The van der Waals surface area contributed by atoms with Gasteiger partial charge < -0.3 is 19.2 Å². The molecule has 8 heteroatoms. The molecule has 0 radical (unpaired) electrons. The molecule has 1 N–H and O–H groups in total. The highest BCUT2D eigenvalue weighted by Crippen LogP contribution is 2.29. The van der Waals surface area contributed by atoms with Crippen molar-refractivity contribution < 1.29 is 32.6 Å². The lowest BCUT2D eigenvalue weighted by Gasteiger charge is -2.11. The summed E-state index contributed by atoms with van der Waals surface area (Å²) in [6, 6.07) is 10.9. The minimum atomic E-state index is -3.02. The average molecular weight is 375 g/mol. The van der Waals surface area contributed by atoms with Crippen molar-refractivity contribution in [2.75, 3.05) is 13.7 Å². The van der Waals surface area contributed by atoms with Crippen molar-refractivity contribution in [1.82, 2.24) is 4.98 Å². The molecule has 2 aromatic carbocycles. The largest absolute Gasteiger partial charge is 0.493 e. The molecule has 140 valence electrons. The zero-order valence-electron chi connectivity index (χ0n) is 14.2. The van der Waals surface area contributed by atoms with Crippen molar-refractivity contribution in [3.8, 4) is 11.5 Å². The lowest BCUT2D eigenvalue weighted by molar-refractivity contribution is -0.0512. The Balaban J connectivity index is 1.69. The van der Waals surface area contributed by atoms with Gasteiger partial charge in [0.05, 0.1) is 12.7 Å². The molecule has 0 bridgehead atoms. The highest BCUT2D eigenvalue weighted by Gasteiger charge is 2.18. The van der Waals surface area contributed by atoms with E-state index in [0.29, 0.717) is 5.56 Å². The van der Waals surface area contributed by atoms with Crippen LogP contribution < -0.4 is 9.47 Å². The van der Waals surface area contributed by atoms with E-state index in [1.54, 1.807) is 18.3 Å². The number of Topliss-reactive ketones (excluding diaryl/α,β-unsaturated/α-hetero) is 1. The van der Waals surface area contributed by atoms with E-state index < -0.39 is 19.2 Å². The Kier molecular flexibility index (Phi) is 5.35. The van der Waals surface area contributed by atoms with Gasteiger partial charge in [-0.25, -0.2) is 4.79 Å². The van der Waals surface area contributed by atoms with Gasteiger partial charge in [0.2, 0.25) is 5.78 Å². The Labute approximate surface area is 152 Å². The van der Waals surface area contributed by atoms with Gasteiger partial charge in [0.1, 0.15) is 0 Å². The minimum absolute atomic E-state index is 0.0418. The average Bonchev–Trinajstić information content (AvgIpc) is 3.10. The number of hydrogen-bond acceptors (Lipinski definition) is 5. The number of esters is 1. The Morgan fingerprint density at radius 3 is 2.63 bits per heavy atom. The van der Waals surface area contributed by atoms with Gasteiger partial charge in [0.25, 0.3) is 0 Å². The molecule has 0 amide bonds. The highest BCUT2D eigenvalue weighted by molar-refractivity contribution is 6.09. The zero-order valence-corrected chi connectivity index (χ0v) is 14.2. The maximum atomic E-state index is 12.3. The molecule has 0 atom stereocenters. The van der Waals surface area contributed by atoms with Crippen molar-refractivity contribution in [1.29, 1.82) is 0 Å². The van der Waals surface area contributed by atoms with Crippen molar-refractivity contribution in [3.63, 3.8) is 0 Å².